The van der Waals surface area contributed by atoms with E-state index in [1.54, 1.807) is 11.3 Å². The van der Waals surface area contributed by atoms with Crippen molar-refractivity contribution in [3.63, 3.8) is 0 Å². The summed E-state index contributed by atoms with van der Waals surface area (Å²) < 4.78 is 0. The van der Waals surface area contributed by atoms with E-state index in [9.17, 15) is 10.1 Å². The molecule has 1 aromatic rings. The van der Waals surface area contributed by atoms with Gasteiger partial charge in [-0.2, -0.15) is 5.26 Å². The van der Waals surface area contributed by atoms with Crippen LogP contribution in [-0.2, 0) is 11.3 Å². The van der Waals surface area contributed by atoms with Crippen molar-refractivity contribution in [3.05, 3.63) is 16.1 Å². The van der Waals surface area contributed by atoms with Gasteiger partial charge in [0.15, 0.2) is 0 Å². The number of carbonyl (C=O) groups excluding carboxylic acids is 1. The van der Waals surface area contributed by atoms with Crippen LogP contribution in [0.15, 0.2) is 5.38 Å². The summed E-state index contributed by atoms with van der Waals surface area (Å²) in [7, 11) is 0. The Labute approximate surface area is 117 Å². The van der Waals surface area contributed by atoms with Gasteiger partial charge in [-0.05, 0) is 19.8 Å². The van der Waals surface area contributed by atoms with Gasteiger partial charge in [0.05, 0.1) is 23.3 Å². The van der Waals surface area contributed by atoms with Crippen LogP contribution in [0.3, 0.4) is 0 Å². The molecule has 0 radical (unpaired) electrons. The molecule has 1 aliphatic carbocycles. The van der Waals surface area contributed by atoms with Crippen LogP contribution in [0.1, 0.15) is 49.2 Å². The maximum atomic E-state index is 12.3. The van der Waals surface area contributed by atoms with Crippen molar-refractivity contribution in [1.29, 1.82) is 5.26 Å². The number of nitriles is 1. The summed E-state index contributed by atoms with van der Waals surface area (Å²) in [5.41, 5.74) is 0.0549. The van der Waals surface area contributed by atoms with Gasteiger partial charge in [0.25, 0.3) is 0 Å². The molecule has 0 spiro atoms. The average molecular weight is 277 g/mol. The maximum Gasteiger partial charge on any atom is 0.240 e. The largest absolute Gasteiger partial charge is 0.349 e. The molecular weight excluding hydrogens is 258 g/mol. The Bertz CT molecular complexity index is 481. The summed E-state index contributed by atoms with van der Waals surface area (Å²) in [6.07, 6.45) is 5.56. The SMILES string of the molecule is Cc1nc(CNC(=O)C2(C#N)CCCCCC2)cs1. The molecule has 0 bridgehead atoms. The summed E-state index contributed by atoms with van der Waals surface area (Å²) in [5, 5.41) is 15.2. The van der Waals surface area contributed by atoms with Gasteiger partial charge in [0.2, 0.25) is 5.91 Å². The van der Waals surface area contributed by atoms with Crippen LogP contribution >= 0.6 is 11.3 Å². The highest BCUT2D eigenvalue weighted by atomic mass is 32.1. The molecule has 1 amide bonds. The predicted octanol–water partition coefficient (Wildman–Crippen LogP) is 2.93. The fourth-order valence-corrected chi connectivity index (χ4v) is 3.16. The molecule has 1 heterocycles. The third-order valence-corrected chi connectivity index (χ3v) is 4.52. The normalized spacial score (nSPS) is 18.3. The van der Waals surface area contributed by atoms with E-state index in [0.29, 0.717) is 19.4 Å². The number of aryl methyl sites for hydroxylation is 1. The van der Waals surface area contributed by atoms with Crippen LogP contribution in [0.5, 0.6) is 0 Å². The van der Waals surface area contributed by atoms with E-state index in [4.69, 9.17) is 0 Å². The second-order valence-electron chi connectivity index (χ2n) is 5.15. The highest BCUT2D eigenvalue weighted by molar-refractivity contribution is 7.09. The number of aromatic nitrogens is 1. The second-order valence-corrected chi connectivity index (χ2v) is 6.21. The minimum absolute atomic E-state index is 0.123. The Hall–Kier alpha value is -1.41. The summed E-state index contributed by atoms with van der Waals surface area (Å²) in [4.78, 5) is 16.6. The molecule has 2 rings (SSSR count). The molecule has 102 valence electrons. The Morgan fingerprint density at radius 1 is 1.47 bits per heavy atom. The lowest BCUT2D eigenvalue weighted by Gasteiger charge is -2.23. The molecule has 4 nitrogen and oxygen atoms in total. The highest BCUT2D eigenvalue weighted by Gasteiger charge is 2.38. The van der Waals surface area contributed by atoms with Crippen molar-refractivity contribution in [2.24, 2.45) is 5.41 Å². The molecule has 0 aromatic carbocycles. The zero-order chi connectivity index (χ0) is 13.7. The number of hydrogen-bond acceptors (Lipinski definition) is 4. The van der Waals surface area contributed by atoms with E-state index >= 15 is 0 Å². The topological polar surface area (TPSA) is 65.8 Å². The first-order chi connectivity index (χ1) is 9.16. The third kappa shape index (κ3) is 3.32. The minimum atomic E-state index is -0.818. The third-order valence-electron chi connectivity index (χ3n) is 3.70. The van der Waals surface area contributed by atoms with Gasteiger partial charge in [-0.3, -0.25) is 4.79 Å². The number of nitrogens with one attached hydrogen (secondary N) is 1. The lowest BCUT2D eigenvalue weighted by Crippen LogP contribution is -2.39. The quantitative estimate of drug-likeness (QED) is 0.864. The van der Waals surface area contributed by atoms with E-state index < -0.39 is 5.41 Å². The Morgan fingerprint density at radius 2 is 2.16 bits per heavy atom. The monoisotopic (exact) mass is 277 g/mol. The number of carbonyl (C=O) groups is 1. The number of hydrogen-bond donors (Lipinski definition) is 1. The van der Waals surface area contributed by atoms with Gasteiger partial charge in [-0.1, -0.05) is 25.7 Å². The molecule has 1 aliphatic rings. The van der Waals surface area contributed by atoms with Crippen LogP contribution in [0.4, 0.5) is 0 Å². The lowest BCUT2D eigenvalue weighted by molar-refractivity contribution is -0.129. The van der Waals surface area contributed by atoms with Crippen molar-refractivity contribution in [3.8, 4) is 6.07 Å². The molecule has 5 heteroatoms. The molecule has 0 atom stereocenters. The molecule has 0 unspecified atom stereocenters. The van der Waals surface area contributed by atoms with E-state index in [0.717, 1.165) is 36.4 Å². The first-order valence-corrected chi connectivity index (χ1v) is 7.65. The van der Waals surface area contributed by atoms with Crippen LogP contribution in [-0.4, -0.2) is 10.9 Å². The van der Waals surface area contributed by atoms with E-state index in [2.05, 4.69) is 16.4 Å². The molecule has 1 saturated carbocycles. The fourth-order valence-electron chi connectivity index (χ4n) is 2.55. The van der Waals surface area contributed by atoms with Gasteiger partial charge >= 0.3 is 0 Å². The second kappa shape index (κ2) is 6.16. The van der Waals surface area contributed by atoms with Crippen LogP contribution in [0, 0.1) is 23.7 Å². The molecule has 0 saturated heterocycles. The van der Waals surface area contributed by atoms with Crippen LogP contribution in [0.25, 0.3) is 0 Å². The standard InChI is InChI=1S/C14H19N3OS/c1-11-17-12(9-19-11)8-16-13(18)14(10-15)6-4-2-3-5-7-14/h9H,2-8H2,1H3,(H,16,18). The zero-order valence-corrected chi connectivity index (χ0v) is 12.1. The predicted molar refractivity (Wildman–Crippen MR) is 74.4 cm³/mol. The van der Waals surface area contributed by atoms with Crippen LogP contribution < -0.4 is 5.32 Å². The summed E-state index contributed by atoms with van der Waals surface area (Å²) in [5.74, 6) is -0.123. The molecule has 1 N–H and O–H groups in total. The Morgan fingerprint density at radius 3 is 2.68 bits per heavy atom. The first-order valence-electron chi connectivity index (χ1n) is 6.77. The van der Waals surface area contributed by atoms with Gasteiger partial charge in [0.1, 0.15) is 5.41 Å². The van der Waals surface area contributed by atoms with Gasteiger partial charge in [0, 0.05) is 5.38 Å². The molecule has 0 aliphatic heterocycles. The number of amides is 1. The van der Waals surface area contributed by atoms with E-state index in [1.165, 1.54) is 0 Å². The van der Waals surface area contributed by atoms with Gasteiger partial charge in [-0.15, -0.1) is 11.3 Å². The fraction of sp³-hybridized carbons (Fsp3) is 0.643. The lowest BCUT2D eigenvalue weighted by atomic mass is 9.81. The van der Waals surface area contributed by atoms with Crippen LogP contribution in [0.2, 0.25) is 0 Å². The summed E-state index contributed by atoms with van der Waals surface area (Å²) >= 11 is 1.57. The van der Waals surface area contributed by atoms with Crippen molar-refractivity contribution in [2.45, 2.75) is 52.0 Å². The molecule has 1 aromatic heterocycles. The average Bonchev–Trinajstić information content (AvgIpc) is 2.69. The molecule has 1 fully saturated rings. The Balaban J connectivity index is 1.98. The smallest absolute Gasteiger partial charge is 0.240 e. The summed E-state index contributed by atoms with van der Waals surface area (Å²) in [6.45, 7) is 2.37. The Kier molecular flexibility index (Phi) is 4.54. The van der Waals surface area contributed by atoms with E-state index in [-0.39, 0.29) is 5.91 Å². The van der Waals surface area contributed by atoms with Crippen molar-refractivity contribution < 1.29 is 4.79 Å². The number of rotatable bonds is 3. The number of nitrogens with zero attached hydrogens (tertiary/aromatic N) is 2. The van der Waals surface area contributed by atoms with Crippen molar-refractivity contribution >= 4 is 17.2 Å². The highest BCUT2D eigenvalue weighted by Crippen LogP contribution is 2.34. The zero-order valence-electron chi connectivity index (χ0n) is 11.2. The van der Waals surface area contributed by atoms with Crippen molar-refractivity contribution in [1.82, 2.24) is 10.3 Å². The summed E-state index contributed by atoms with van der Waals surface area (Å²) in [6, 6.07) is 2.27. The maximum absolute atomic E-state index is 12.3. The van der Waals surface area contributed by atoms with Crippen molar-refractivity contribution in [2.75, 3.05) is 0 Å². The molecule has 19 heavy (non-hydrogen) atoms. The van der Waals surface area contributed by atoms with Gasteiger partial charge < -0.3 is 5.32 Å². The molecular formula is C14H19N3OS. The van der Waals surface area contributed by atoms with Gasteiger partial charge in [-0.25, -0.2) is 4.98 Å². The first kappa shape index (κ1) is 14.0. The number of thiazole rings is 1. The van der Waals surface area contributed by atoms with E-state index in [1.807, 2.05) is 12.3 Å². The minimum Gasteiger partial charge on any atom is -0.349 e.